The van der Waals surface area contributed by atoms with E-state index in [1.807, 2.05) is 29.2 Å². The van der Waals surface area contributed by atoms with E-state index in [9.17, 15) is 33.8 Å². The zero-order valence-electron chi connectivity index (χ0n) is 18.0. The fraction of sp³-hybridized carbons (Fsp3) is 0.316. The van der Waals surface area contributed by atoms with E-state index >= 15 is 0 Å². The Balaban J connectivity index is -0.00000135. The Morgan fingerprint density at radius 2 is 1.17 bits per heavy atom. The van der Waals surface area contributed by atoms with Crippen LogP contribution >= 0.6 is 15.2 Å². The first-order valence-electron chi connectivity index (χ1n) is 9.00. The fourth-order valence-corrected chi connectivity index (χ4v) is 4.91. The quantitative estimate of drug-likeness (QED) is 0.146. The summed E-state index contributed by atoms with van der Waals surface area (Å²) in [5.41, 5.74) is 1.50. The normalized spacial score (nSPS) is 10.6. The van der Waals surface area contributed by atoms with Crippen molar-refractivity contribution in [2.45, 2.75) is 31.0 Å². The summed E-state index contributed by atoms with van der Waals surface area (Å²) in [4.78, 5) is 47.3. The first-order chi connectivity index (χ1) is 16.0. The summed E-state index contributed by atoms with van der Waals surface area (Å²) in [5, 5.41) is 6.61. The Morgan fingerprint density at radius 3 is 1.46 bits per heavy atom. The molecule has 2 rings (SSSR count). The van der Waals surface area contributed by atoms with Crippen LogP contribution in [0.5, 0.6) is 0 Å². The van der Waals surface area contributed by atoms with Gasteiger partial charge in [-0.1, -0.05) is 12.1 Å². The zero-order valence-corrected chi connectivity index (χ0v) is 21.7. The van der Waals surface area contributed by atoms with Gasteiger partial charge >= 0.3 is 69.2 Å². The predicted molar refractivity (Wildman–Crippen MR) is 113 cm³/mol. The number of rotatable bonds is 10. The maximum absolute atomic E-state index is 11.5. The zero-order chi connectivity index (χ0) is 26.8. The standard InChI is InChI=1S/C16H23N3O7P2.3CO.Tc/c20-16(27(21,22)23,28(24,25)26)8-5-11-19(12-14-6-1-3-9-17-14)13-15-7-2-4-10-18-15;3*1-2;/h1-4,6-7,9-10,20H,5,8,11-13H2,(H2,21,22,23)(H2,24,25,26);;;;/q;;;;+7/i;;;;1+1. The first-order valence-corrected chi connectivity index (χ1v) is 12.2. The molecule has 0 radical (unpaired) electrons. The third-order valence-corrected chi connectivity index (χ3v) is 8.02. The molecule has 2 aromatic rings. The molecular formula is C19H23N3O10P2Tc+7. The second kappa shape index (κ2) is 19.6. The van der Waals surface area contributed by atoms with Gasteiger partial charge in [-0.25, -0.2) is 0 Å². The summed E-state index contributed by atoms with van der Waals surface area (Å²) in [6.07, 6.45) is 2.44. The molecule has 0 aromatic carbocycles. The number of hydrogen-bond acceptors (Lipinski definition) is 6. The van der Waals surface area contributed by atoms with Crippen molar-refractivity contribution in [1.29, 1.82) is 0 Å². The molecule has 0 aliphatic heterocycles. The molecule has 2 aromatic heterocycles. The van der Waals surface area contributed by atoms with Crippen molar-refractivity contribution in [2.75, 3.05) is 6.54 Å². The molecule has 0 bridgehead atoms. The monoisotopic (exact) mass is 614 g/mol. The summed E-state index contributed by atoms with van der Waals surface area (Å²) in [6, 6.07) is 10.8. The van der Waals surface area contributed by atoms with Crippen molar-refractivity contribution < 1.29 is 67.9 Å². The fourth-order valence-electron chi connectivity index (χ4n) is 2.66. The minimum atomic E-state index is -5.45. The van der Waals surface area contributed by atoms with Crippen molar-refractivity contribution in [2.24, 2.45) is 0 Å². The van der Waals surface area contributed by atoms with Crippen LogP contribution in [-0.4, -0.2) is 51.2 Å². The molecule has 5 N–H and O–H groups in total. The Bertz CT molecular complexity index is 903. The van der Waals surface area contributed by atoms with E-state index in [2.05, 4.69) is 29.9 Å². The van der Waals surface area contributed by atoms with E-state index in [4.69, 9.17) is 14.0 Å². The second-order valence-electron chi connectivity index (χ2n) is 6.32. The number of aliphatic hydroxyl groups is 1. The van der Waals surface area contributed by atoms with Gasteiger partial charge in [0.1, 0.15) is 0 Å². The van der Waals surface area contributed by atoms with Gasteiger partial charge in [0.2, 0.25) is 0 Å². The second-order valence-corrected chi connectivity index (χ2v) is 10.3. The molecule has 0 saturated heterocycles. The van der Waals surface area contributed by atoms with E-state index in [-0.39, 0.29) is 33.1 Å². The number of hydrogen-bond donors (Lipinski definition) is 5. The molecule has 0 atom stereocenters. The summed E-state index contributed by atoms with van der Waals surface area (Å²) in [6.45, 7) is 14.5. The molecule has 0 aliphatic carbocycles. The van der Waals surface area contributed by atoms with Gasteiger partial charge in [-0.3, -0.25) is 24.0 Å². The van der Waals surface area contributed by atoms with Crippen molar-refractivity contribution in [3.8, 4) is 0 Å². The van der Waals surface area contributed by atoms with Crippen LogP contribution in [0.1, 0.15) is 24.2 Å². The maximum atomic E-state index is 11.5. The Hall–Kier alpha value is -1.61. The summed E-state index contributed by atoms with van der Waals surface area (Å²) < 4.78 is 45.5. The summed E-state index contributed by atoms with van der Waals surface area (Å²) in [7, 11) is -10.9. The van der Waals surface area contributed by atoms with Crippen molar-refractivity contribution in [1.82, 2.24) is 14.9 Å². The number of pyridine rings is 2. The molecule has 0 saturated carbocycles. The molecule has 0 aliphatic rings. The van der Waals surface area contributed by atoms with Gasteiger partial charge in [0, 0.05) is 31.9 Å². The van der Waals surface area contributed by atoms with Crippen molar-refractivity contribution in [3.05, 3.63) is 80.1 Å². The van der Waals surface area contributed by atoms with Gasteiger partial charge in [-0.15, -0.1) is 0 Å². The molecule has 0 unspecified atom stereocenters. The van der Waals surface area contributed by atoms with Gasteiger partial charge in [0.15, 0.2) is 0 Å². The Labute approximate surface area is 215 Å². The van der Waals surface area contributed by atoms with Crippen LogP contribution in [0.25, 0.3) is 0 Å². The van der Waals surface area contributed by atoms with Gasteiger partial charge in [0.05, 0.1) is 11.4 Å². The summed E-state index contributed by atoms with van der Waals surface area (Å²) >= 11 is 0. The molecule has 2 heterocycles. The van der Waals surface area contributed by atoms with E-state index < -0.39 is 26.7 Å². The SMILES string of the molecule is O=P(O)(O)C(O)(CCCN(Cc1ccccn1)Cc1ccccn1)P(=O)(O)O.[99Tc+7].[C-]#[O+].[C-]#[O+].[C-]#[O+]. The van der Waals surface area contributed by atoms with E-state index in [1.165, 1.54) is 0 Å². The molecule has 0 spiro atoms. The molecule has 0 fully saturated rings. The average Bonchev–Trinajstić information content (AvgIpc) is 2.83. The van der Waals surface area contributed by atoms with Crippen molar-refractivity contribution in [3.63, 3.8) is 0 Å². The van der Waals surface area contributed by atoms with Gasteiger partial charge in [0.25, 0.3) is 5.08 Å². The van der Waals surface area contributed by atoms with E-state index in [0.717, 1.165) is 11.4 Å². The van der Waals surface area contributed by atoms with E-state index in [1.54, 1.807) is 24.5 Å². The third kappa shape index (κ3) is 13.3. The van der Waals surface area contributed by atoms with Crippen LogP contribution in [0.3, 0.4) is 0 Å². The molecular weight excluding hydrogens is 591 g/mol. The molecule has 16 heteroatoms. The van der Waals surface area contributed by atoms with Gasteiger partial charge in [-0.2, -0.15) is 0 Å². The third-order valence-electron chi connectivity index (χ3n) is 4.14. The average molecular weight is 614 g/mol. The van der Waals surface area contributed by atoms with Crippen LogP contribution in [-0.2, 0) is 56.3 Å². The minimum absolute atomic E-state index is 0. The topological polar surface area (TPSA) is 224 Å². The number of aromatic nitrogens is 2. The van der Waals surface area contributed by atoms with Crippen LogP contribution in [0.2, 0.25) is 0 Å². The van der Waals surface area contributed by atoms with Crippen LogP contribution in [0.4, 0.5) is 0 Å². The molecule has 184 valence electrons. The Kier molecular flexibility index (Phi) is 21.2. The number of nitrogens with zero attached hydrogens (tertiary/aromatic N) is 3. The van der Waals surface area contributed by atoms with Crippen LogP contribution in [0, 0.1) is 20.0 Å². The van der Waals surface area contributed by atoms with Crippen LogP contribution < -0.4 is 0 Å². The Morgan fingerprint density at radius 1 is 0.800 bits per heavy atom. The summed E-state index contributed by atoms with van der Waals surface area (Å²) in [5.74, 6) is 0. The van der Waals surface area contributed by atoms with Crippen molar-refractivity contribution >= 4 is 15.2 Å². The first kappa shape index (κ1) is 37.9. The van der Waals surface area contributed by atoms with Gasteiger partial charge < -0.3 is 24.7 Å². The van der Waals surface area contributed by atoms with Gasteiger partial charge in [-0.05, 0) is 37.2 Å². The van der Waals surface area contributed by atoms with E-state index in [0.29, 0.717) is 13.1 Å². The van der Waals surface area contributed by atoms with Crippen LogP contribution in [0.15, 0.2) is 48.8 Å². The predicted octanol–water partition coefficient (Wildman–Crippen LogP) is 1.15. The molecule has 35 heavy (non-hydrogen) atoms. The molecule has 13 nitrogen and oxygen atoms in total. The molecule has 0 amide bonds.